The average Bonchev–Trinajstić information content (AvgIpc) is 2.26. The van der Waals surface area contributed by atoms with Crippen molar-refractivity contribution in [2.24, 2.45) is 5.92 Å². The number of rotatable bonds is 4. The number of amides is 2. The molecule has 102 valence electrons. The van der Waals surface area contributed by atoms with Crippen LogP contribution in [-0.4, -0.2) is 17.9 Å². The summed E-state index contributed by atoms with van der Waals surface area (Å²) < 4.78 is 0. The third-order valence-electron chi connectivity index (χ3n) is 3.74. The monoisotopic (exact) mass is 260 g/mol. The van der Waals surface area contributed by atoms with Crippen molar-refractivity contribution >= 4 is 17.5 Å². The first kappa shape index (κ1) is 13.6. The molecule has 0 spiro atoms. The lowest BCUT2D eigenvalue weighted by Crippen LogP contribution is -2.42. The van der Waals surface area contributed by atoms with E-state index in [1.54, 1.807) is 24.3 Å². The molecule has 0 aromatic heterocycles. The van der Waals surface area contributed by atoms with Gasteiger partial charge in [-0.15, -0.1) is 0 Å². The van der Waals surface area contributed by atoms with E-state index in [1.165, 1.54) is 26.2 Å². The van der Waals surface area contributed by atoms with Crippen molar-refractivity contribution in [2.75, 3.05) is 5.32 Å². The van der Waals surface area contributed by atoms with Crippen LogP contribution in [0.15, 0.2) is 24.3 Å². The van der Waals surface area contributed by atoms with Gasteiger partial charge < -0.3 is 10.6 Å². The second kappa shape index (κ2) is 5.87. The van der Waals surface area contributed by atoms with Gasteiger partial charge in [-0.05, 0) is 44.7 Å². The number of hydrogen-bond acceptors (Lipinski definition) is 2. The zero-order valence-electron chi connectivity index (χ0n) is 11.4. The molecule has 1 saturated carbocycles. The van der Waals surface area contributed by atoms with E-state index in [1.807, 2.05) is 6.92 Å². The van der Waals surface area contributed by atoms with Gasteiger partial charge in [0.15, 0.2) is 5.78 Å². The molecule has 0 bridgehead atoms. The van der Waals surface area contributed by atoms with Gasteiger partial charge in [0, 0.05) is 17.3 Å². The van der Waals surface area contributed by atoms with Crippen LogP contribution in [0.25, 0.3) is 0 Å². The highest BCUT2D eigenvalue weighted by Crippen LogP contribution is 2.29. The number of ketones is 1. The molecular weight excluding hydrogens is 240 g/mol. The summed E-state index contributed by atoms with van der Waals surface area (Å²) in [5, 5.41) is 5.71. The Morgan fingerprint density at radius 2 is 2.05 bits per heavy atom. The Morgan fingerprint density at radius 1 is 1.32 bits per heavy atom. The van der Waals surface area contributed by atoms with E-state index in [-0.39, 0.29) is 17.9 Å². The first-order valence-corrected chi connectivity index (χ1v) is 6.75. The molecule has 19 heavy (non-hydrogen) atoms. The first-order chi connectivity index (χ1) is 9.06. The topological polar surface area (TPSA) is 58.2 Å². The summed E-state index contributed by atoms with van der Waals surface area (Å²) in [7, 11) is 0. The summed E-state index contributed by atoms with van der Waals surface area (Å²) in [6.07, 6.45) is 3.65. The Balaban J connectivity index is 1.90. The van der Waals surface area contributed by atoms with Crippen LogP contribution >= 0.6 is 0 Å². The van der Waals surface area contributed by atoms with E-state index in [4.69, 9.17) is 0 Å². The molecular formula is C15H20N2O2. The molecule has 1 atom stereocenters. The van der Waals surface area contributed by atoms with Crippen LogP contribution in [0.2, 0.25) is 0 Å². The predicted octanol–water partition coefficient (Wildman–Crippen LogP) is 3.20. The summed E-state index contributed by atoms with van der Waals surface area (Å²) in [5.41, 5.74) is 1.25. The minimum Gasteiger partial charge on any atom is -0.335 e. The second-order valence-electron chi connectivity index (χ2n) is 5.22. The number of carbonyl (C=O) groups excluding carboxylic acids is 2. The Hall–Kier alpha value is -1.84. The zero-order chi connectivity index (χ0) is 13.8. The van der Waals surface area contributed by atoms with Crippen molar-refractivity contribution in [3.63, 3.8) is 0 Å². The molecule has 1 unspecified atom stereocenters. The smallest absolute Gasteiger partial charge is 0.319 e. The fraction of sp³-hybridized carbons (Fsp3) is 0.467. The normalized spacial score (nSPS) is 16.3. The molecule has 2 amide bonds. The van der Waals surface area contributed by atoms with Crippen molar-refractivity contribution in [3.8, 4) is 0 Å². The number of nitrogens with one attached hydrogen (secondary N) is 2. The van der Waals surface area contributed by atoms with E-state index in [9.17, 15) is 9.59 Å². The molecule has 1 fully saturated rings. The van der Waals surface area contributed by atoms with Crippen LogP contribution in [0.3, 0.4) is 0 Å². The lowest BCUT2D eigenvalue weighted by molar-refractivity contribution is 0.101. The molecule has 4 nitrogen and oxygen atoms in total. The lowest BCUT2D eigenvalue weighted by Gasteiger charge is -2.31. The van der Waals surface area contributed by atoms with Gasteiger partial charge in [-0.2, -0.15) is 0 Å². The number of urea groups is 1. The van der Waals surface area contributed by atoms with Crippen LogP contribution < -0.4 is 10.6 Å². The third kappa shape index (κ3) is 3.56. The SMILES string of the molecule is CC(=O)c1cccc(NC(=O)NC(C)C2CCC2)c1. The molecule has 2 rings (SSSR count). The zero-order valence-corrected chi connectivity index (χ0v) is 11.4. The van der Waals surface area contributed by atoms with Crippen LogP contribution in [0.5, 0.6) is 0 Å². The average molecular weight is 260 g/mol. The number of hydrogen-bond donors (Lipinski definition) is 2. The summed E-state index contributed by atoms with van der Waals surface area (Å²) in [6.45, 7) is 3.55. The summed E-state index contributed by atoms with van der Waals surface area (Å²) in [6, 6.07) is 6.96. The Bertz CT molecular complexity index is 481. The molecule has 0 radical (unpaired) electrons. The molecule has 4 heteroatoms. The van der Waals surface area contributed by atoms with Crippen LogP contribution in [-0.2, 0) is 0 Å². The van der Waals surface area contributed by atoms with E-state index in [0.29, 0.717) is 17.2 Å². The Kier molecular flexibility index (Phi) is 4.20. The fourth-order valence-corrected chi connectivity index (χ4v) is 2.25. The molecule has 0 saturated heterocycles. The van der Waals surface area contributed by atoms with Crippen molar-refractivity contribution in [3.05, 3.63) is 29.8 Å². The van der Waals surface area contributed by atoms with Gasteiger partial charge in [0.1, 0.15) is 0 Å². The van der Waals surface area contributed by atoms with E-state index >= 15 is 0 Å². The van der Waals surface area contributed by atoms with Crippen molar-refractivity contribution < 1.29 is 9.59 Å². The van der Waals surface area contributed by atoms with Crippen molar-refractivity contribution in [2.45, 2.75) is 39.2 Å². The van der Waals surface area contributed by atoms with Gasteiger partial charge in [-0.25, -0.2) is 4.79 Å². The Labute approximate surface area is 113 Å². The highest BCUT2D eigenvalue weighted by atomic mass is 16.2. The molecule has 0 aliphatic heterocycles. The van der Waals surface area contributed by atoms with Gasteiger partial charge in [0.2, 0.25) is 0 Å². The molecule has 2 N–H and O–H groups in total. The van der Waals surface area contributed by atoms with Gasteiger partial charge in [-0.1, -0.05) is 18.6 Å². The van der Waals surface area contributed by atoms with E-state index in [0.717, 1.165) is 0 Å². The second-order valence-corrected chi connectivity index (χ2v) is 5.22. The predicted molar refractivity (Wildman–Crippen MR) is 75.4 cm³/mol. The minimum atomic E-state index is -0.208. The number of anilines is 1. The standard InChI is InChI=1S/C15H20N2O2/c1-10(12-5-3-6-12)16-15(19)17-14-8-4-7-13(9-14)11(2)18/h4,7-10,12H,3,5-6H2,1-2H3,(H2,16,17,19). The maximum Gasteiger partial charge on any atom is 0.319 e. The lowest BCUT2D eigenvalue weighted by atomic mass is 9.80. The highest BCUT2D eigenvalue weighted by Gasteiger charge is 2.24. The molecule has 1 aliphatic carbocycles. The van der Waals surface area contributed by atoms with E-state index < -0.39 is 0 Å². The largest absolute Gasteiger partial charge is 0.335 e. The molecule has 1 aromatic carbocycles. The third-order valence-corrected chi connectivity index (χ3v) is 3.74. The fourth-order valence-electron chi connectivity index (χ4n) is 2.25. The highest BCUT2D eigenvalue weighted by molar-refractivity contribution is 5.96. The van der Waals surface area contributed by atoms with E-state index in [2.05, 4.69) is 10.6 Å². The van der Waals surface area contributed by atoms with Gasteiger partial charge in [0.05, 0.1) is 0 Å². The quantitative estimate of drug-likeness (QED) is 0.817. The number of Topliss-reactive ketones (excluding diaryl/α,β-unsaturated/α-hetero) is 1. The summed E-state index contributed by atoms with van der Waals surface area (Å²) in [4.78, 5) is 23.1. The van der Waals surface area contributed by atoms with Crippen LogP contribution in [0, 0.1) is 5.92 Å². The summed E-state index contributed by atoms with van der Waals surface area (Å²) >= 11 is 0. The minimum absolute atomic E-state index is 0.00751. The molecule has 1 aliphatic rings. The van der Waals surface area contributed by atoms with Crippen LogP contribution in [0.1, 0.15) is 43.5 Å². The molecule has 0 heterocycles. The maximum absolute atomic E-state index is 11.8. The number of carbonyl (C=O) groups is 2. The van der Waals surface area contributed by atoms with Gasteiger partial charge in [0.25, 0.3) is 0 Å². The Morgan fingerprint density at radius 3 is 2.63 bits per heavy atom. The number of benzene rings is 1. The van der Waals surface area contributed by atoms with Crippen LogP contribution in [0.4, 0.5) is 10.5 Å². The van der Waals surface area contributed by atoms with Gasteiger partial charge >= 0.3 is 6.03 Å². The maximum atomic E-state index is 11.8. The van der Waals surface area contributed by atoms with Gasteiger partial charge in [-0.3, -0.25) is 4.79 Å². The summed E-state index contributed by atoms with van der Waals surface area (Å²) in [5.74, 6) is 0.598. The van der Waals surface area contributed by atoms with Crippen molar-refractivity contribution in [1.29, 1.82) is 0 Å². The molecule has 1 aromatic rings. The van der Waals surface area contributed by atoms with Crippen molar-refractivity contribution in [1.82, 2.24) is 5.32 Å². The first-order valence-electron chi connectivity index (χ1n) is 6.75.